The summed E-state index contributed by atoms with van der Waals surface area (Å²) in [5, 5.41) is 5.69. The predicted molar refractivity (Wildman–Crippen MR) is 89.1 cm³/mol. The van der Waals surface area contributed by atoms with Crippen LogP contribution in [0.5, 0.6) is 0 Å². The Labute approximate surface area is 134 Å². The summed E-state index contributed by atoms with van der Waals surface area (Å²) in [6, 6.07) is 8.12. The summed E-state index contributed by atoms with van der Waals surface area (Å²) < 4.78 is 0. The fourth-order valence-corrected chi connectivity index (χ4v) is 4.12. The van der Waals surface area contributed by atoms with Gasteiger partial charge in [-0.2, -0.15) is 0 Å². The number of amides is 3. The predicted octanol–water partition coefficient (Wildman–Crippen LogP) is 2.12. The zero-order valence-corrected chi connectivity index (χ0v) is 13.5. The van der Waals surface area contributed by atoms with Gasteiger partial charge in [-0.15, -0.1) is 11.8 Å². The van der Waals surface area contributed by atoms with Crippen LogP contribution in [-0.4, -0.2) is 35.7 Å². The molecule has 0 radical (unpaired) electrons. The summed E-state index contributed by atoms with van der Waals surface area (Å²) in [5.41, 5.74) is 2.29. The highest BCUT2D eigenvalue weighted by atomic mass is 32.2. The second-order valence-electron chi connectivity index (χ2n) is 5.83. The highest BCUT2D eigenvalue weighted by Gasteiger charge is 2.26. The Bertz CT molecular complexity index is 578. The average molecular weight is 319 g/mol. The molecule has 1 saturated heterocycles. The molecule has 6 heteroatoms. The first kappa shape index (κ1) is 15.2. The van der Waals surface area contributed by atoms with E-state index in [1.54, 1.807) is 0 Å². The quantitative estimate of drug-likeness (QED) is 0.897. The van der Waals surface area contributed by atoms with E-state index in [1.807, 2.05) is 30.0 Å². The number of hydrogen-bond acceptors (Lipinski definition) is 3. The highest BCUT2D eigenvalue weighted by Crippen LogP contribution is 2.28. The number of rotatable bonds is 3. The summed E-state index contributed by atoms with van der Waals surface area (Å²) in [7, 11) is 0. The molecular weight excluding hydrogens is 298 g/mol. The van der Waals surface area contributed by atoms with Gasteiger partial charge in [0.15, 0.2) is 0 Å². The van der Waals surface area contributed by atoms with Crippen molar-refractivity contribution in [2.45, 2.75) is 37.6 Å². The molecule has 3 rings (SSSR count). The van der Waals surface area contributed by atoms with Gasteiger partial charge in [0.1, 0.15) is 0 Å². The lowest BCUT2D eigenvalue weighted by Crippen LogP contribution is -2.52. The van der Waals surface area contributed by atoms with Gasteiger partial charge in [0.2, 0.25) is 5.91 Å². The Morgan fingerprint density at radius 2 is 2.18 bits per heavy atom. The first-order chi connectivity index (χ1) is 10.6. The van der Waals surface area contributed by atoms with E-state index in [0.717, 1.165) is 31.5 Å². The second-order valence-corrected chi connectivity index (χ2v) is 7.02. The van der Waals surface area contributed by atoms with Crippen molar-refractivity contribution >= 4 is 29.4 Å². The van der Waals surface area contributed by atoms with Gasteiger partial charge in [-0.25, -0.2) is 4.79 Å². The first-order valence-corrected chi connectivity index (χ1v) is 8.75. The lowest BCUT2D eigenvalue weighted by Gasteiger charge is -2.31. The largest absolute Gasteiger partial charge is 0.336 e. The molecule has 118 valence electrons. The average Bonchev–Trinajstić information content (AvgIpc) is 2.51. The zero-order chi connectivity index (χ0) is 15.5. The normalized spacial score (nSPS) is 24.2. The molecule has 2 unspecified atom stereocenters. The van der Waals surface area contributed by atoms with Crippen molar-refractivity contribution in [1.29, 1.82) is 0 Å². The van der Waals surface area contributed by atoms with E-state index >= 15 is 0 Å². The highest BCUT2D eigenvalue weighted by molar-refractivity contribution is 8.00. The minimum atomic E-state index is -0.146. The van der Waals surface area contributed by atoms with Crippen molar-refractivity contribution in [1.82, 2.24) is 10.6 Å². The van der Waals surface area contributed by atoms with Crippen LogP contribution < -0.4 is 15.5 Å². The van der Waals surface area contributed by atoms with E-state index in [1.165, 1.54) is 17.3 Å². The van der Waals surface area contributed by atoms with Crippen LogP contribution in [0.3, 0.4) is 0 Å². The molecule has 2 aliphatic heterocycles. The smallest absolute Gasteiger partial charge is 0.315 e. The number of nitrogens with zero attached hydrogens (tertiary/aromatic N) is 1. The van der Waals surface area contributed by atoms with Gasteiger partial charge in [-0.1, -0.05) is 18.2 Å². The van der Waals surface area contributed by atoms with Crippen molar-refractivity contribution in [2.75, 3.05) is 17.2 Å². The Morgan fingerprint density at radius 3 is 3.00 bits per heavy atom. The van der Waals surface area contributed by atoms with Crippen molar-refractivity contribution < 1.29 is 9.59 Å². The van der Waals surface area contributed by atoms with Gasteiger partial charge in [0.25, 0.3) is 0 Å². The lowest BCUT2D eigenvalue weighted by atomic mass is 10.0. The molecule has 1 aromatic carbocycles. The summed E-state index contributed by atoms with van der Waals surface area (Å²) in [5.74, 6) is 0.518. The van der Waals surface area contributed by atoms with Crippen molar-refractivity contribution in [2.24, 2.45) is 0 Å². The molecule has 0 spiro atoms. The van der Waals surface area contributed by atoms with Crippen molar-refractivity contribution in [3.8, 4) is 0 Å². The number of carbonyl (C=O) groups is 2. The fraction of sp³-hybridized carbons (Fsp3) is 0.500. The number of carbonyl (C=O) groups excluding carboxylic acids is 2. The van der Waals surface area contributed by atoms with Crippen LogP contribution >= 0.6 is 11.8 Å². The first-order valence-electron chi connectivity index (χ1n) is 7.70. The molecule has 2 atom stereocenters. The Hall–Kier alpha value is -1.69. The summed E-state index contributed by atoms with van der Waals surface area (Å²) in [6.07, 6.45) is 2.88. The number of urea groups is 1. The molecule has 5 nitrogen and oxygen atoms in total. The van der Waals surface area contributed by atoms with Gasteiger partial charge >= 0.3 is 6.03 Å². The number of thioether (sulfide) groups is 1. The number of fused-ring (bicyclic) bond motifs is 1. The topological polar surface area (TPSA) is 61.4 Å². The monoisotopic (exact) mass is 319 g/mol. The number of aryl methyl sites for hydroxylation is 1. The maximum Gasteiger partial charge on any atom is 0.315 e. The maximum atomic E-state index is 12.5. The Morgan fingerprint density at radius 1 is 1.36 bits per heavy atom. The minimum absolute atomic E-state index is 0.00716. The van der Waals surface area contributed by atoms with Gasteiger partial charge in [-0.05, 0) is 37.8 Å². The van der Waals surface area contributed by atoms with Crippen LogP contribution in [0, 0.1) is 0 Å². The molecule has 1 aromatic rings. The second kappa shape index (κ2) is 6.60. The third-order valence-electron chi connectivity index (χ3n) is 4.06. The number of benzene rings is 1. The van der Waals surface area contributed by atoms with Crippen molar-refractivity contribution in [3.63, 3.8) is 0 Å². The van der Waals surface area contributed by atoms with E-state index in [-0.39, 0.29) is 23.4 Å². The molecule has 2 aliphatic rings. The molecule has 0 aromatic heterocycles. The SMILES string of the molecule is CC1CC(SCC(=O)N2CCCc3ccccc32)NC(=O)N1. The standard InChI is InChI=1S/C16H21N3O2S/c1-11-9-14(18-16(21)17-11)22-10-15(20)19-8-4-6-12-5-2-3-7-13(12)19/h2-3,5,7,11,14H,4,6,8-10H2,1H3,(H2,17,18,21). The minimum Gasteiger partial charge on any atom is -0.336 e. The van der Waals surface area contributed by atoms with Gasteiger partial charge in [-0.3, -0.25) is 4.79 Å². The van der Waals surface area contributed by atoms with Crippen LogP contribution in [0.25, 0.3) is 0 Å². The number of anilines is 1. The summed E-state index contributed by atoms with van der Waals surface area (Å²) in [4.78, 5) is 25.9. The van der Waals surface area contributed by atoms with Gasteiger partial charge < -0.3 is 15.5 Å². The summed E-state index contributed by atoms with van der Waals surface area (Å²) >= 11 is 1.52. The molecular formula is C16H21N3O2S. The summed E-state index contributed by atoms with van der Waals surface area (Å²) in [6.45, 7) is 2.76. The Kier molecular flexibility index (Phi) is 4.57. The third-order valence-corrected chi connectivity index (χ3v) is 5.18. The maximum absolute atomic E-state index is 12.5. The van der Waals surface area contributed by atoms with Crippen LogP contribution in [-0.2, 0) is 11.2 Å². The van der Waals surface area contributed by atoms with Crippen LogP contribution in [0.2, 0.25) is 0 Å². The van der Waals surface area contributed by atoms with E-state index in [9.17, 15) is 9.59 Å². The number of para-hydroxylation sites is 1. The molecule has 0 saturated carbocycles. The number of nitrogens with one attached hydrogen (secondary N) is 2. The molecule has 22 heavy (non-hydrogen) atoms. The number of hydrogen-bond donors (Lipinski definition) is 2. The van der Waals surface area contributed by atoms with Gasteiger partial charge in [0, 0.05) is 18.3 Å². The van der Waals surface area contributed by atoms with Crippen LogP contribution in [0.1, 0.15) is 25.3 Å². The molecule has 2 heterocycles. The third kappa shape index (κ3) is 3.38. The van der Waals surface area contributed by atoms with Crippen molar-refractivity contribution in [3.05, 3.63) is 29.8 Å². The zero-order valence-electron chi connectivity index (χ0n) is 12.7. The van der Waals surface area contributed by atoms with Crippen LogP contribution in [0.15, 0.2) is 24.3 Å². The van der Waals surface area contributed by atoms with E-state index in [2.05, 4.69) is 16.7 Å². The lowest BCUT2D eigenvalue weighted by molar-refractivity contribution is -0.116. The van der Waals surface area contributed by atoms with Gasteiger partial charge in [0.05, 0.1) is 11.1 Å². The van der Waals surface area contributed by atoms with E-state index in [0.29, 0.717) is 5.75 Å². The van der Waals surface area contributed by atoms with E-state index in [4.69, 9.17) is 0 Å². The molecule has 1 fully saturated rings. The van der Waals surface area contributed by atoms with E-state index < -0.39 is 0 Å². The molecule has 0 aliphatic carbocycles. The fourth-order valence-electron chi connectivity index (χ4n) is 3.00. The molecule has 0 bridgehead atoms. The molecule has 3 amide bonds. The molecule has 2 N–H and O–H groups in total. The van der Waals surface area contributed by atoms with Crippen LogP contribution in [0.4, 0.5) is 10.5 Å². The Balaban J connectivity index is 1.60.